The van der Waals surface area contributed by atoms with Crippen LogP contribution in [0.1, 0.15) is 23.6 Å². The number of imidazole rings is 1. The Hall–Kier alpha value is -3.73. The Morgan fingerprint density at radius 3 is 2.84 bits per heavy atom. The number of fused-ring (bicyclic) bond motifs is 1. The van der Waals surface area contributed by atoms with Crippen LogP contribution in [-0.4, -0.2) is 26.1 Å². The molecule has 0 amide bonds. The molecule has 0 saturated carbocycles. The number of hydrogen-bond acceptors (Lipinski definition) is 4. The van der Waals surface area contributed by atoms with Gasteiger partial charge in [-0.2, -0.15) is 0 Å². The fourth-order valence-electron chi connectivity index (χ4n) is 5.06. The number of aryl methyl sites for hydroxylation is 2. The van der Waals surface area contributed by atoms with E-state index in [1.54, 1.807) is 6.33 Å². The highest BCUT2D eigenvalue weighted by Gasteiger charge is 2.21. The zero-order valence-corrected chi connectivity index (χ0v) is 18.5. The second kappa shape index (κ2) is 7.16. The van der Waals surface area contributed by atoms with Crippen LogP contribution in [-0.2, 0) is 19.9 Å². The molecule has 158 valence electrons. The van der Waals surface area contributed by atoms with Crippen molar-refractivity contribution in [1.82, 2.24) is 19.5 Å². The van der Waals surface area contributed by atoms with Gasteiger partial charge in [0.05, 0.1) is 41.6 Å². The molecule has 0 unspecified atom stereocenters. The molecule has 2 aromatic carbocycles. The van der Waals surface area contributed by atoms with Gasteiger partial charge in [-0.25, -0.2) is 9.97 Å². The highest BCUT2D eigenvalue weighted by molar-refractivity contribution is 6.07. The molecule has 1 aliphatic rings. The predicted octanol–water partition coefficient (Wildman–Crippen LogP) is 5.66. The van der Waals surface area contributed by atoms with E-state index < -0.39 is 0 Å². The normalized spacial score (nSPS) is 13.0. The summed E-state index contributed by atoms with van der Waals surface area (Å²) in [6, 6.07) is 12.9. The van der Waals surface area contributed by atoms with E-state index in [9.17, 15) is 0 Å². The van der Waals surface area contributed by atoms with Crippen molar-refractivity contribution in [2.24, 2.45) is 7.05 Å². The van der Waals surface area contributed by atoms with Gasteiger partial charge in [0.15, 0.2) is 0 Å². The molecule has 6 rings (SSSR count). The summed E-state index contributed by atoms with van der Waals surface area (Å²) >= 11 is 0. The average Bonchev–Trinajstić information content (AvgIpc) is 3.24. The molecule has 32 heavy (non-hydrogen) atoms. The number of nitrogens with zero attached hydrogens (tertiary/aromatic N) is 4. The first-order valence-corrected chi connectivity index (χ1v) is 11.1. The monoisotopic (exact) mass is 420 g/mol. The van der Waals surface area contributed by atoms with Crippen LogP contribution in [0.5, 0.6) is 5.75 Å². The summed E-state index contributed by atoms with van der Waals surface area (Å²) in [6.07, 6.45) is 7.46. The standard InChI is InChI=1S/C27H24N4O/c1-4-18-16(2)13-22-19(5-7-21(30-22)23-14-28-15-31(23)3)26(18)20-6-8-24-25-17(10-12-32-24)9-11-29-27(20)25/h5-9,11,13-15H,4,10,12H2,1-3H3. The minimum atomic E-state index is 0.722. The van der Waals surface area contributed by atoms with Gasteiger partial charge >= 0.3 is 0 Å². The fourth-order valence-corrected chi connectivity index (χ4v) is 5.06. The van der Waals surface area contributed by atoms with E-state index in [1.165, 1.54) is 22.3 Å². The molecule has 5 nitrogen and oxygen atoms in total. The van der Waals surface area contributed by atoms with Gasteiger partial charge in [-0.1, -0.05) is 6.92 Å². The average molecular weight is 421 g/mol. The van der Waals surface area contributed by atoms with Crippen molar-refractivity contribution >= 4 is 21.8 Å². The van der Waals surface area contributed by atoms with Crippen LogP contribution in [0.25, 0.3) is 44.3 Å². The van der Waals surface area contributed by atoms with Crippen molar-refractivity contribution in [3.63, 3.8) is 0 Å². The Bertz CT molecular complexity index is 1510. The van der Waals surface area contributed by atoms with Crippen molar-refractivity contribution < 1.29 is 4.74 Å². The third kappa shape index (κ3) is 2.74. The maximum atomic E-state index is 5.96. The van der Waals surface area contributed by atoms with Crippen molar-refractivity contribution in [2.45, 2.75) is 26.7 Å². The lowest BCUT2D eigenvalue weighted by Crippen LogP contribution is -2.09. The first-order valence-electron chi connectivity index (χ1n) is 11.1. The summed E-state index contributed by atoms with van der Waals surface area (Å²) in [5, 5.41) is 2.30. The number of pyridine rings is 2. The maximum absolute atomic E-state index is 5.96. The first-order chi connectivity index (χ1) is 15.7. The second-order valence-corrected chi connectivity index (χ2v) is 8.46. The van der Waals surface area contributed by atoms with Crippen LogP contribution in [0.15, 0.2) is 55.1 Å². The lowest BCUT2D eigenvalue weighted by Gasteiger charge is -2.21. The van der Waals surface area contributed by atoms with Crippen LogP contribution in [0.2, 0.25) is 0 Å². The lowest BCUT2D eigenvalue weighted by molar-refractivity contribution is 0.318. The Balaban J connectivity index is 1.68. The number of hydrogen-bond donors (Lipinski definition) is 0. The van der Waals surface area contributed by atoms with Crippen molar-refractivity contribution in [1.29, 1.82) is 0 Å². The summed E-state index contributed by atoms with van der Waals surface area (Å²) in [7, 11) is 1.99. The SMILES string of the molecule is CCc1c(C)cc2nc(-c3cncn3C)ccc2c1-c1ccc2c3c(ccnc13)CCO2. The van der Waals surface area contributed by atoms with E-state index in [0.717, 1.165) is 64.0 Å². The van der Waals surface area contributed by atoms with Crippen molar-refractivity contribution in [2.75, 3.05) is 6.61 Å². The third-order valence-corrected chi connectivity index (χ3v) is 6.60. The molecule has 5 heteroatoms. The number of benzene rings is 2. The molecule has 0 radical (unpaired) electrons. The van der Waals surface area contributed by atoms with Gasteiger partial charge < -0.3 is 9.30 Å². The summed E-state index contributed by atoms with van der Waals surface area (Å²) in [6.45, 7) is 5.12. The minimum Gasteiger partial charge on any atom is -0.493 e. The summed E-state index contributed by atoms with van der Waals surface area (Å²) in [5.74, 6) is 0.935. The zero-order valence-electron chi connectivity index (χ0n) is 18.5. The molecule has 0 N–H and O–H groups in total. The molecular weight excluding hydrogens is 396 g/mol. The van der Waals surface area contributed by atoms with E-state index in [0.29, 0.717) is 0 Å². The molecule has 0 aliphatic carbocycles. The molecule has 0 fully saturated rings. The molecule has 0 spiro atoms. The number of ether oxygens (including phenoxy) is 1. The quantitative estimate of drug-likeness (QED) is 0.378. The van der Waals surface area contributed by atoms with Crippen molar-refractivity contribution in [3.05, 3.63) is 71.8 Å². The van der Waals surface area contributed by atoms with E-state index in [1.807, 2.05) is 24.0 Å². The lowest BCUT2D eigenvalue weighted by atomic mass is 9.88. The predicted molar refractivity (Wildman–Crippen MR) is 128 cm³/mol. The number of rotatable bonds is 3. The van der Waals surface area contributed by atoms with Gasteiger partial charge in [-0.05, 0) is 72.0 Å². The van der Waals surface area contributed by atoms with E-state index in [4.69, 9.17) is 14.7 Å². The van der Waals surface area contributed by atoms with Crippen LogP contribution in [0, 0.1) is 6.92 Å². The van der Waals surface area contributed by atoms with Crippen LogP contribution >= 0.6 is 0 Å². The maximum Gasteiger partial charge on any atom is 0.129 e. The summed E-state index contributed by atoms with van der Waals surface area (Å²) < 4.78 is 7.96. The van der Waals surface area contributed by atoms with Crippen LogP contribution in [0.3, 0.4) is 0 Å². The molecule has 4 heterocycles. The molecule has 3 aromatic heterocycles. The molecule has 0 bridgehead atoms. The summed E-state index contributed by atoms with van der Waals surface area (Å²) in [5.41, 5.74) is 10.2. The first kappa shape index (κ1) is 19.0. The smallest absolute Gasteiger partial charge is 0.129 e. The second-order valence-electron chi connectivity index (χ2n) is 8.46. The largest absolute Gasteiger partial charge is 0.493 e. The Morgan fingerprint density at radius 2 is 2.03 bits per heavy atom. The zero-order chi connectivity index (χ0) is 21.8. The van der Waals surface area contributed by atoms with E-state index in [-0.39, 0.29) is 0 Å². The molecule has 1 aliphatic heterocycles. The van der Waals surface area contributed by atoms with Gasteiger partial charge in [-0.3, -0.25) is 4.98 Å². The van der Waals surface area contributed by atoms with E-state index in [2.05, 4.69) is 55.2 Å². The van der Waals surface area contributed by atoms with Gasteiger partial charge in [0.25, 0.3) is 0 Å². The van der Waals surface area contributed by atoms with Gasteiger partial charge in [-0.15, -0.1) is 0 Å². The minimum absolute atomic E-state index is 0.722. The topological polar surface area (TPSA) is 52.8 Å². The highest BCUT2D eigenvalue weighted by Crippen LogP contribution is 2.42. The molecule has 5 aromatic rings. The van der Waals surface area contributed by atoms with E-state index >= 15 is 0 Å². The third-order valence-electron chi connectivity index (χ3n) is 6.60. The van der Waals surface area contributed by atoms with Gasteiger partial charge in [0.1, 0.15) is 5.75 Å². The molecule has 0 saturated heterocycles. The fraction of sp³-hybridized carbons (Fsp3) is 0.222. The Morgan fingerprint density at radius 1 is 1.12 bits per heavy atom. The van der Waals surface area contributed by atoms with Gasteiger partial charge in [0, 0.05) is 36.0 Å². The molecule has 0 atom stereocenters. The Labute approximate surface area is 186 Å². The van der Waals surface area contributed by atoms with Crippen LogP contribution in [0.4, 0.5) is 0 Å². The molecular formula is C27H24N4O. The summed E-state index contributed by atoms with van der Waals surface area (Å²) in [4.78, 5) is 14.1. The Kier molecular flexibility index (Phi) is 4.25. The number of aromatic nitrogens is 4. The van der Waals surface area contributed by atoms with Crippen LogP contribution < -0.4 is 4.74 Å². The highest BCUT2D eigenvalue weighted by atomic mass is 16.5. The van der Waals surface area contributed by atoms with Crippen molar-refractivity contribution in [3.8, 4) is 28.3 Å². The van der Waals surface area contributed by atoms with Gasteiger partial charge in [0.2, 0.25) is 0 Å².